The van der Waals surface area contributed by atoms with E-state index in [0.717, 1.165) is 25.3 Å². The third kappa shape index (κ3) is 4.70. The fourth-order valence-electron chi connectivity index (χ4n) is 2.50. The van der Waals surface area contributed by atoms with E-state index in [9.17, 15) is 18.0 Å². The first-order chi connectivity index (χ1) is 12.3. The van der Waals surface area contributed by atoms with E-state index in [4.69, 9.17) is 11.6 Å². The number of hydrogen-bond donors (Lipinski definition) is 1. The normalized spacial score (nSPS) is 11.3. The molecule has 0 aliphatic rings. The number of nitrogens with zero attached hydrogens (tertiary/aromatic N) is 2. The Labute approximate surface area is 157 Å². The average Bonchev–Trinajstić information content (AvgIpc) is 2.87. The number of unbranched alkanes of at least 4 members (excludes halogenated alkanes) is 1. The molecule has 1 heterocycles. The smallest absolute Gasteiger partial charge is 0.264 e. The van der Waals surface area contributed by atoms with Crippen molar-refractivity contribution in [3.8, 4) is 0 Å². The number of aromatic nitrogens is 2. The zero-order valence-electron chi connectivity index (χ0n) is 14.5. The van der Waals surface area contributed by atoms with Gasteiger partial charge in [0.05, 0.1) is 4.90 Å². The Kier molecular flexibility index (Phi) is 6.55. The van der Waals surface area contributed by atoms with Crippen molar-refractivity contribution in [1.82, 2.24) is 14.3 Å². The van der Waals surface area contributed by atoms with E-state index in [1.165, 1.54) is 12.1 Å². The van der Waals surface area contributed by atoms with Crippen LogP contribution < -0.4 is 4.72 Å². The number of aryl methyl sites for hydroxylation is 1. The molecule has 1 aromatic heterocycles. The van der Waals surface area contributed by atoms with E-state index < -0.39 is 15.9 Å². The average molecular weight is 398 g/mol. The van der Waals surface area contributed by atoms with E-state index in [1.54, 1.807) is 16.7 Å². The summed E-state index contributed by atoms with van der Waals surface area (Å²) in [4.78, 5) is 26.6. The van der Waals surface area contributed by atoms with E-state index >= 15 is 0 Å². The molecular formula is C17H20ClN3O4S. The van der Waals surface area contributed by atoms with Crippen LogP contribution in [-0.4, -0.2) is 30.2 Å². The number of aldehydes is 1. The third-order valence-corrected chi connectivity index (χ3v) is 5.49. The highest BCUT2D eigenvalue weighted by atomic mass is 35.5. The second kappa shape index (κ2) is 8.46. The van der Waals surface area contributed by atoms with E-state index in [0.29, 0.717) is 30.8 Å². The molecular weight excluding hydrogens is 378 g/mol. The summed E-state index contributed by atoms with van der Waals surface area (Å²) < 4.78 is 27.6. The van der Waals surface area contributed by atoms with Crippen LogP contribution in [0.25, 0.3) is 0 Å². The van der Waals surface area contributed by atoms with Gasteiger partial charge in [-0.25, -0.2) is 18.1 Å². The minimum Gasteiger partial charge on any atom is -0.320 e. The molecule has 0 saturated heterocycles. The Morgan fingerprint density at radius 2 is 1.96 bits per heavy atom. The second-order valence-electron chi connectivity index (χ2n) is 5.82. The molecule has 0 spiro atoms. The SMILES string of the molecule is CCCCc1nc(Cl)c(C=O)n1Cc1ccc(S(=O)(=O)NC(C)=O)cc1. The number of carbonyl (C=O) groups is 2. The lowest BCUT2D eigenvalue weighted by Gasteiger charge is -2.10. The van der Waals surface area contributed by atoms with E-state index in [-0.39, 0.29) is 10.0 Å². The van der Waals surface area contributed by atoms with Gasteiger partial charge in [-0.1, -0.05) is 37.1 Å². The molecule has 26 heavy (non-hydrogen) atoms. The molecule has 2 aromatic rings. The Hall–Kier alpha value is -2.19. The van der Waals surface area contributed by atoms with Crippen molar-refractivity contribution in [2.24, 2.45) is 0 Å². The van der Waals surface area contributed by atoms with Crippen molar-refractivity contribution >= 4 is 33.8 Å². The molecule has 1 amide bonds. The molecule has 0 saturated carbocycles. The maximum Gasteiger partial charge on any atom is 0.264 e. The van der Waals surface area contributed by atoms with Gasteiger partial charge in [-0.3, -0.25) is 9.59 Å². The molecule has 9 heteroatoms. The topological polar surface area (TPSA) is 98.1 Å². The number of carbonyl (C=O) groups excluding carboxylic acids is 2. The lowest BCUT2D eigenvalue weighted by Crippen LogP contribution is -2.28. The molecule has 2 rings (SSSR count). The molecule has 140 valence electrons. The van der Waals surface area contributed by atoms with Crippen LogP contribution in [0.1, 0.15) is 48.6 Å². The molecule has 0 bridgehead atoms. The van der Waals surface area contributed by atoms with Crippen LogP contribution in [0.2, 0.25) is 5.15 Å². The fraction of sp³-hybridized carbons (Fsp3) is 0.353. The Morgan fingerprint density at radius 1 is 1.31 bits per heavy atom. The largest absolute Gasteiger partial charge is 0.320 e. The quantitative estimate of drug-likeness (QED) is 0.690. The highest BCUT2D eigenvalue weighted by molar-refractivity contribution is 7.90. The summed E-state index contributed by atoms with van der Waals surface area (Å²) in [6.45, 7) is 3.53. The lowest BCUT2D eigenvalue weighted by atomic mass is 10.2. The zero-order valence-corrected chi connectivity index (χ0v) is 16.1. The van der Waals surface area contributed by atoms with Crippen molar-refractivity contribution in [2.75, 3.05) is 0 Å². The number of sulfonamides is 1. The van der Waals surface area contributed by atoms with Gasteiger partial charge < -0.3 is 4.57 Å². The minimum atomic E-state index is -3.87. The van der Waals surface area contributed by atoms with Crippen LogP contribution in [0.15, 0.2) is 29.2 Å². The van der Waals surface area contributed by atoms with E-state index in [2.05, 4.69) is 11.9 Å². The summed E-state index contributed by atoms with van der Waals surface area (Å²) in [6, 6.07) is 6.07. The van der Waals surface area contributed by atoms with Gasteiger partial charge in [0.2, 0.25) is 5.91 Å². The van der Waals surface area contributed by atoms with Gasteiger partial charge in [0.1, 0.15) is 11.5 Å². The summed E-state index contributed by atoms with van der Waals surface area (Å²) in [5, 5.41) is 0.163. The molecule has 0 unspecified atom stereocenters. The highest BCUT2D eigenvalue weighted by Crippen LogP contribution is 2.20. The monoisotopic (exact) mass is 397 g/mol. The van der Waals surface area contributed by atoms with Gasteiger partial charge in [0, 0.05) is 19.9 Å². The third-order valence-electron chi connectivity index (χ3n) is 3.76. The van der Waals surface area contributed by atoms with Gasteiger partial charge in [-0.2, -0.15) is 0 Å². The summed E-state index contributed by atoms with van der Waals surface area (Å²) in [7, 11) is -3.87. The van der Waals surface area contributed by atoms with Gasteiger partial charge >= 0.3 is 0 Å². The number of nitrogens with one attached hydrogen (secondary N) is 1. The molecule has 1 aromatic carbocycles. The minimum absolute atomic E-state index is 0.0121. The second-order valence-corrected chi connectivity index (χ2v) is 7.86. The number of rotatable bonds is 8. The standard InChI is InChI=1S/C17H20ClN3O4S/c1-3-4-5-16-19-17(18)15(11-22)21(16)10-13-6-8-14(9-7-13)26(24,25)20-12(2)23/h6-9,11H,3-5,10H2,1-2H3,(H,20,23). The molecule has 0 atom stereocenters. The number of amides is 1. The zero-order chi connectivity index (χ0) is 19.3. The molecule has 1 N–H and O–H groups in total. The van der Waals surface area contributed by atoms with Crippen LogP contribution in [0.5, 0.6) is 0 Å². The van der Waals surface area contributed by atoms with Crippen LogP contribution >= 0.6 is 11.6 Å². The van der Waals surface area contributed by atoms with Crippen molar-refractivity contribution in [3.05, 3.63) is 46.5 Å². The molecule has 0 fully saturated rings. The Bertz CT molecular complexity index is 905. The van der Waals surface area contributed by atoms with Crippen molar-refractivity contribution in [1.29, 1.82) is 0 Å². The Morgan fingerprint density at radius 3 is 2.50 bits per heavy atom. The molecule has 0 aliphatic carbocycles. The number of halogens is 1. The van der Waals surface area contributed by atoms with Crippen molar-refractivity contribution < 1.29 is 18.0 Å². The summed E-state index contributed by atoms with van der Waals surface area (Å²) in [5.74, 6) is 0.0622. The van der Waals surface area contributed by atoms with Crippen LogP contribution in [-0.2, 0) is 27.8 Å². The van der Waals surface area contributed by atoms with Crippen LogP contribution in [0.3, 0.4) is 0 Å². The van der Waals surface area contributed by atoms with Gasteiger partial charge in [0.15, 0.2) is 11.4 Å². The molecule has 0 radical (unpaired) electrons. The van der Waals surface area contributed by atoms with Crippen molar-refractivity contribution in [2.45, 2.75) is 44.6 Å². The van der Waals surface area contributed by atoms with Gasteiger partial charge in [-0.15, -0.1) is 0 Å². The summed E-state index contributed by atoms with van der Waals surface area (Å²) >= 11 is 6.05. The number of hydrogen-bond acceptors (Lipinski definition) is 5. The van der Waals surface area contributed by atoms with Gasteiger partial charge in [0.25, 0.3) is 10.0 Å². The predicted molar refractivity (Wildman–Crippen MR) is 97.8 cm³/mol. The molecule has 7 nitrogen and oxygen atoms in total. The first kappa shape index (κ1) is 20.1. The fourth-order valence-corrected chi connectivity index (χ4v) is 3.74. The number of imidazole rings is 1. The Balaban J connectivity index is 2.29. The maximum atomic E-state index is 12.0. The van der Waals surface area contributed by atoms with Gasteiger partial charge in [-0.05, 0) is 24.1 Å². The van der Waals surface area contributed by atoms with Crippen molar-refractivity contribution in [3.63, 3.8) is 0 Å². The lowest BCUT2D eigenvalue weighted by molar-refractivity contribution is -0.117. The highest BCUT2D eigenvalue weighted by Gasteiger charge is 2.17. The molecule has 0 aliphatic heterocycles. The summed E-state index contributed by atoms with van der Waals surface area (Å²) in [6.07, 6.45) is 3.26. The maximum absolute atomic E-state index is 12.0. The first-order valence-electron chi connectivity index (χ1n) is 8.11. The van der Waals surface area contributed by atoms with E-state index in [1.807, 2.05) is 4.72 Å². The summed E-state index contributed by atoms with van der Waals surface area (Å²) in [5.41, 5.74) is 1.08. The van der Waals surface area contributed by atoms with Crippen LogP contribution in [0.4, 0.5) is 0 Å². The number of benzene rings is 1. The van der Waals surface area contributed by atoms with Crippen LogP contribution in [0, 0.1) is 0 Å². The first-order valence-corrected chi connectivity index (χ1v) is 9.97. The predicted octanol–water partition coefficient (Wildman–Crippen LogP) is 2.56.